The summed E-state index contributed by atoms with van der Waals surface area (Å²) in [4.78, 5) is 8.29. The number of benzene rings is 1. The van der Waals surface area contributed by atoms with E-state index in [1.54, 1.807) is 6.07 Å². The fourth-order valence-electron chi connectivity index (χ4n) is 2.92. The van der Waals surface area contributed by atoms with Crippen molar-refractivity contribution in [3.8, 4) is 5.75 Å². The van der Waals surface area contributed by atoms with E-state index in [1.807, 2.05) is 12.1 Å². The fraction of sp³-hybridized carbons (Fsp3) is 0.333. The van der Waals surface area contributed by atoms with Gasteiger partial charge in [-0.15, -0.1) is 0 Å². The summed E-state index contributed by atoms with van der Waals surface area (Å²) in [5.41, 5.74) is 10.2. The van der Waals surface area contributed by atoms with Gasteiger partial charge >= 0.3 is 6.61 Å². The summed E-state index contributed by atoms with van der Waals surface area (Å²) < 4.78 is 28.5. The van der Waals surface area contributed by atoms with Crippen LogP contribution in [0.1, 0.15) is 29.7 Å². The summed E-state index contributed by atoms with van der Waals surface area (Å²) in [7, 11) is 0. The largest absolute Gasteiger partial charge is 0.433 e. The molecule has 0 aliphatic heterocycles. The number of ether oxygens (including phenoxy) is 1. The number of nitrogens with one attached hydrogen (secondary N) is 1. The van der Waals surface area contributed by atoms with E-state index < -0.39 is 6.61 Å². The lowest BCUT2D eigenvalue weighted by molar-refractivity contribution is -0.0500. The van der Waals surface area contributed by atoms with Gasteiger partial charge in [-0.1, -0.05) is 12.1 Å². The van der Waals surface area contributed by atoms with E-state index in [4.69, 9.17) is 5.73 Å². The third-order valence-corrected chi connectivity index (χ3v) is 4.09. The minimum absolute atomic E-state index is 0.0183. The average molecular weight is 346 g/mol. The van der Waals surface area contributed by atoms with Gasteiger partial charge in [-0.05, 0) is 55.0 Å². The molecule has 5 nitrogen and oxygen atoms in total. The predicted molar refractivity (Wildman–Crippen MR) is 92.9 cm³/mol. The molecular weight excluding hydrogens is 326 g/mol. The number of hydrogen-bond donors (Lipinski definition) is 2. The number of aromatic nitrogens is 1. The number of anilines is 1. The highest BCUT2D eigenvalue weighted by molar-refractivity contribution is 5.93. The summed E-state index contributed by atoms with van der Waals surface area (Å²) in [6, 6.07) is 9.18. The molecule has 0 spiro atoms. The lowest BCUT2D eigenvalue weighted by atomic mass is 9.90. The van der Waals surface area contributed by atoms with Gasteiger partial charge in [0.2, 0.25) is 0 Å². The summed E-state index contributed by atoms with van der Waals surface area (Å²) >= 11 is 0. The number of hydrogen-bond acceptors (Lipinski definition) is 3. The molecule has 0 amide bonds. The Labute approximate surface area is 144 Å². The predicted octanol–water partition coefficient (Wildman–Crippen LogP) is 3.49. The van der Waals surface area contributed by atoms with Crippen molar-refractivity contribution in [1.82, 2.24) is 4.98 Å². The average Bonchev–Trinajstić information content (AvgIpc) is 2.61. The molecule has 0 radical (unpaired) electrons. The van der Waals surface area contributed by atoms with Crippen molar-refractivity contribution in [2.24, 2.45) is 10.7 Å². The Morgan fingerprint density at radius 1 is 1.24 bits per heavy atom. The first-order valence-electron chi connectivity index (χ1n) is 8.19. The van der Waals surface area contributed by atoms with Gasteiger partial charge in [0.05, 0.1) is 18.4 Å². The van der Waals surface area contributed by atoms with E-state index in [0.717, 1.165) is 18.5 Å². The maximum absolute atomic E-state index is 12.1. The Balaban J connectivity index is 1.63. The molecular formula is C18H20F2N4O. The van der Waals surface area contributed by atoms with Gasteiger partial charge in [-0.3, -0.25) is 4.98 Å². The molecule has 3 N–H and O–H groups in total. The molecule has 1 aromatic carbocycles. The maximum Gasteiger partial charge on any atom is 0.387 e. The summed E-state index contributed by atoms with van der Waals surface area (Å²) in [6.07, 6.45) is 5.78. The number of fused-ring (bicyclic) bond motifs is 1. The fourth-order valence-corrected chi connectivity index (χ4v) is 2.92. The second-order valence-corrected chi connectivity index (χ2v) is 5.84. The molecule has 0 atom stereocenters. The van der Waals surface area contributed by atoms with E-state index in [0.29, 0.717) is 11.7 Å². The number of alkyl halides is 2. The topological polar surface area (TPSA) is 72.5 Å². The number of pyridine rings is 1. The van der Waals surface area contributed by atoms with Crippen LogP contribution in [0.2, 0.25) is 0 Å². The highest BCUT2D eigenvalue weighted by Crippen LogP contribution is 2.27. The Bertz CT molecular complexity index is 747. The lowest BCUT2D eigenvalue weighted by Gasteiger charge is -2.19. The first-order valence-corrected chi connectivity index (χ1v) is 8.19. The molecule has 1 heterocycles. The number of nitrogens with zero attached hydrogens (tertiary/aromatic N) is 2. The first-order chi connectivity index (χ1) is 12.1. The zero-order chi connectivity index (χ0) is 17.6. The molecule has 1 aromatic heterocycles. The van der Waals surface area contributed by atoms with Crippen molar-refractivity contribution >= 4 is 11.6 Å². The summed E-state index contributed by atoms with van der Waals surface area (Å²) in [5.74, 6) is 0.318. The number of rotatable bonds is 5. The zero-order valence-electron chi connectivity index (χ0n) is 13.7. The number of guanidine groups is 1. The molecule has 3 rings (SSSR count). The summed E-state index contributed by atoms with van der Waals surface area (Å²) in [6.45, 7) is -2.61. The number of aryl methyl sites for hydroxylation is 1. The number of aliphatic imine (C=N–C) groups is 1. The molecule has 25 heavy (non-hydrogen) atoms. The second-order valence-electron chi connectivity index (χ2n) is 5.84. The van der Waals surface area contributed by atoms with Gasteiger partial charge in [-0.25, -0.2) is 4.99 Å². The van der Waals surface area contributed by atoms with E-state index in [-0.39, 0.29) is 12.3 Å². The third-order valence-electron chi connectivity index (χ3n) is 4.09. The van der Waals surface area contributed by atoms with Gasteiger partial charge in [0.15, 0.2) is 5.96 Å². The standard InChI is InChI=1S/C18H20F2N4O/c19-17(20)25-14-9-8-13(22-11-14)10-23-18(21)24-16-7-3-5-12-4-1-2-6-15(12)16/h3,5,7-9,11,17H,1-2,4,6,10H2,(H3,21,23,24). The number of halogens is 2. The van der Waals surface area contributed by atoms with Crippen LogP contribution in [0.4, 0.5) is 14.5 Å². The molecule has 7 heteroatoms. The van der Waals surface area contributed by atoms with Gasteiger partial charge in [0.1, 0.15) is 5.75 Å². The van der Waals surface area contributed by atoms with Crippen LogP contribution >= 0.6 is 0 Å². The second kappa shape index (κ2) is 7.92. The van der Waals surface area contributed by atoms with Crippen molar-refractivity contribution in [1.29, 1.82) is 0 Å². The monoisotopic (exact) mass is 346 g/mol. The highest BCUT2D eigenvalue weighted by Gasteiger charge is 2.13. The minimum Gasteiger partial charge on any atom is -0.433 e. The zero-order valence-corrected chi connectivity index (χ0v) is 13.7. The van der Waals surface area contributed by atoms with Crippen LogP contribution in [0.5, 0.6) is 5.75 Å². The van der Waals surface area contributed by atoms with E-state index in [1.165, 1.54) is 36.2 Å². The van der Waals surface area contributed by atoms with Gasteiger partial charge in [0.25, 0.3) is 0 Å². The SMILES string of the molecule is NC(=NCc1ccc(OC(F)F)cn1)Nc1cccc2c1CCCC2. The van der Waals surface area contributed by atoms with Crippen molar-refractivity contribution in [2.45, 2.75) is 38.8 Å². The van der Waals surface area contributed by atoms with Crippen LogP contribution in [0.15, 0.2) is 41.5 Å². The molecule has 0 fully saturated rings. The molecule has 1 aliphatic carbocycles. The molecule has 0 unspecified atom stereocenters. The molecule has 0 bridgehead atoms. The van der Waals surface area contributed by atoms with Crippen LogP contribution in [0.3, 0.4) is 0 Å². The van der Waals surface area contributed by atoms with Gasteiger partial charge in [-0.2, -0.15) is 8.78 Å². The van der Waals surface area contributed by atoms with Crippen molar-refractivity contribution in [3.05, 3.63) is 53.3 Å². The molecule has 0 saturated heterocycles. The Kier molecular flexibility index (Phi) is 5.42. The van der Waals surface area contributed by atoms with Crippen molar-refractivity contribution in [2.75, 3.05) is 5.32 Å². The van der Waals surface area contributed by atoms with E-state index in [2.05, 4.69) is 26.1 Å². The van der Waals surface area contributed by atoms with Crippen LogP contribution in [-0.4, -0.2) is 17.6 Å². The maximum atomic E-state index is 12.1. The summed E-state index contributed by atoms with van der Waals surface area (Å²) in [5, 5.41) is 3.15. The lowest BCUT2D eigenvalue weighted by Crippen LogP contribution is -2.24. The Hall–Kier alpha value is -2.70. The highest BCUT2D eigenvalue weighted by atomic mass is 19.3. The van der Waals surface area contributed by atoms with Crippen molar-refractivity contribution in [3.63, 3.8) is 0 Å². The van der Waals surface area contributed by atoms with E-state index >= 15 is 0 Å². The van der Waals surface area contributed by atoms with E-state index in [9.17, 15) is 8.78 Å². The smallest absolute Gasteiger partial charge is 0.387 e. The van der Waals surface area contributed by atoms with Gasteiger partial charge < -0.3 is 15.8 Å². The van der Waals surface area contributed by atoms with Crippen molar-refractivity contribution < 1.29 is 13.5 Å². The minimum atomic E-state index is -2.86. The van der Waals surface area contributed by atoms with Crippen LogP contribution in [0, 0.1) is 0 Å². The molecule has 1 aliphatic rings. The van der Waals surface area contributed by atoms with Gasteiger partial charge in [0, 0.05) is 5.69 Å². The quantitative estimate of drug-likeness (QED) is 0.642. The Morgan fingerprint density at radius 2 is 2.08 bits per heavy atom. The normalized spacial score (nSPS) is 14.3. The van der Waals surface area contributed by atoms with Crippen LogP contribution in [0.25, 0.3) is 0 Å². The molecule has 0 saturated carbocycles. The molecule has 132 valence electrons. The van der Waals surface area contributed by atoms with Crippen LogP contribution < -0.4 is 15.8 Å². The Morgan fingerprint density at radius 3 is 2.84 bits per heavy atom. The molecule has 2 aromatic rings. The number of nitrogens with two attached hydrogens (primary N) is 1. The van der Waals surface area contributed by atoms with Crippen LogP contribution in [-0.2, 0) is 19.4 Å². The first kappa shape index (κ1) is 17.1. The third kappa shape index (κ3) is 4.65.